The molecule has 292 valence electrons. The van der Waals surface area contributed by atoms with E-state index in [0.29, 0.717) is 13.2 Å². The maximum Gasteiger partial charge on any atom is 0.407 e. The van der Waals surface area contributed by atoms with Crippen LogP contribution in [0.1, 0.15) is 53.4 Å². The second-order valence-electron chi connectivity index (χ2n) is 12.5. The highest BCUT2D eigenvalue weighted by atomic mass is 16.6. The van der Waals surface area contributed by atoms with Crippen LogP contribution in [0.5, 0.6) is 0 Å². The molecule has 52 heavy (non-hydrogen) atoms. The van der Waals surface area contributed by atoms with Gasteiger partial charge in [0.2, 0.25) is 0 Å². The van der Waals surface area contributed by atoms with Crippen LogP contribution in [0.3, 0.4) is 0 Å². The van der Waals surface area contributed by atoms with Crippen LogP contribution in [0.2, 0.25) is 0 Å². The smallest absolute Gasteiger partial charge is 0.407 e. The maximum absolute atomic E-state index is 12.3. The van der Waals surface area contributed by atoms with E-state index in [1.54, 1.807) is 0 Å². The van der Waals surface area contributed by atoms with E-state index in [1.807, 2.05) is 0 Å². The Morgan fingerprint density at radius 1 is 0.519 bits per heavy atom. The number of nitrogens with one attached hydrogen (secondary N) is 2. The van der Waals surface area contributed by atoms with E-state index in [0.717, 1.165) is 25.7 Å². The first-order valence-electron chi connectivity index (χ1n) is 16.9. The second-order valence-corrected chi connectivity index (χ2v) is 12.5. The quantitative estimate of drug-likeness (QED) is 0.0631. The van der Waals surface area contributed by atoms with Gasteiger partial charge in [-0.2, -0.15) is 0 Å². The molecule has 1 aliphatic carbocycles. The Morgan fingerprint density at radius 2 is 0.827 bits per heavy atom. The Balaban J connectivity index is 2.50. The van der Waals surface area contributed by atoms with Gasteiger partial charge < -0.3 is 48.5 Å². The third-order valence-electron chi connectivity index (χ3n) is 7.23. The Morgan fingerprint density at radius 3 is 1.13 bits per heavy atom. The Labute approximate surface area is 305 Å². The van der Waals surface area contributed by atoms with Crippen molar-refractivity contribution >= 4 is 36.1 Å². The molecular weight excluding hydrogens is 684 g/mol. The number of carbonyl (C=O) groups excluding carboxylic acids is 6. The molecule has 1 saturated carbocycles. The van der Waals surface area contributed by atoms with Crippen molar-refractivity contribution in [3.05, 3.63) is 48.6 Å². The summed E-state index contributed by atoms with van der Waals surface area (Å²) < 4.78 is 42.6. The Bertz CT molecular complexity index is 1180. The molecule has 2 N–H and O–H groups in total. The molecule has 16 heteroatoms. The van der Waals surface area contributed by atoms with Gasteiger partial charge in [-0.05, 0) is 65.2 Å². The number of esters is 4. The average Bonchev–Trinajstić information content (AvgIpc) is 3.09. The minimum atomic E-state index is -0.892. The van der Waals surface area contributed by atoms with Crippen LogP contribution in [-0.2, 0) is 57.1 Å². The van der Waals surface area contributed by atoms with Gasteiger partial charge in [-0.25, -0.2) is 28.8 Å². The predicted molar refractivity (Wildman–Crippen MR) is 187 cm³/mol. The fourth-order valence-corrected chi connectivity index (χ4v) is 4.34. The fourth-order valence-electron chi connectivity index (χ4n) is 4.34. The molecule has 1 fully saturated rings. The molecule has 0 aromatic heterocycles. The van der Waals surface area contributed by atoms with Crippen LogP contribution >= 0.6 is 0 Å². The van der Waals surface area contributed by atoms with Gasteiger partial charge in [-0.1, -0.05) is 26.3 Å². The summed E-state index contributed by atoms with van der Waals surface area (Å²) in [5.74, 6) is -1.94. The highest BCUT2D eigenvalue weighted by molar-refractivity contribution is 5.88. The number of carbonyl (C=O) groups is 6. The van der Waals surface area contributed by atoms with Crippen molar-refractivity contribution in [2.75, 3.05) is 65.9 Å². The summed E-state index contributed by atoms with van der Waals surface area (Å²) in [6.45, 7) is 20.2. The molecule has 2 amide bonds. The van der Waals surface area contributed by atoms with Gasteiger partial charge >= 0.3 is 36.1 Å². The normalized spacial score (nSPS) is 16.2. The number of alkyl carbamates (subject to hydrolysis) is 2. The Hall–Kier alpha value is -4.70. The second kappa shape index (κ2) is 25.3. The number of hydrogen-bond acceptors (Lipinski definition) is 14. The molecule has 1 aliphatic rings. The molecule has 0 radical (unpaired) electrons. The number of amides is 2. The first-order valence-corrected chi connectivity index (χ1v) is 16.9. The van der Waals surface area contributed by atoms with E-state index in [2.05, 4.69) is 36.9 Å². The zero-order valence-electron chi connectivity index (χ0n) is 30.8. The van der Waals surface area contributed by atoms with Crippen LogP contribution in [0.4, 0.5) is 9.59 Å². The lowest BCUT2D eigenvalue weighted by Crippen LogP contribution is -2.37. The van der Waals surface area contributed by atoms with E-state index < -0.39 is 48.3 Å². The zero-order chi connectivity index (χ0) is 39.1. The van der Waals surface area contributed by atoms with Crippen LogP contribution in [-0.4, -0.2) is 114 Å². The van der Waals surface area contributed by atoms with E-state index in [-0.39, 0.29) is 86.9 Å². The maximum atomic E-state index is 12.3. The number of rotatable bonds is 24. The first kappa shape index (κ1) is 45.3. The van der Waals surface area contributed by atoms with Gasteiger partial charge in [0.05, 0.1) is 26.3 Å². The Kier molecular flexibility index (Phi) is 22.0. The SMILES string of the molecule is C=C(C)C(=O)OCCNC(=O)OC(COCC1CCC(COCC(COC(=O)C(=C)C)OC(=O)NCCOC(=O)C(=C)C)CC1)COC(=O)C(=C)C. The monoisotopic (exact) mass is 738 g/mol. The summed E-state index contributed by atoms with van der Waals surface area (Å²) in [7, 11) is 0. The van der Waals surface area contributed by atoms with Gasteiger partial charge in [-0.15, -0.1) is 0 Å². The van der Waals surface area contributed by atoms with Crippen molar-refractivity contribution in [2.45, 2.75) is 65.6 Å². The molecule has 2 atom stereocenters. The minimum absolute atomic E-state index is 0.00574. The highest BCUT2D eigenvalue weighted by Gasteiger charge is 2.25. The molecule has 0 heterocycles. The first-order chi connectivity index (χ1) is 24.6. The van der Waals surface area contributed by atoms with Crippen LogP contribution in [0, 0.1) is 11.8 Å². The molecule has 0 aliphatic heterocycles. The summed E-state index contributed by atoms with van der Waals surface area (Å²) in [6.07, 6.45) is 0.0226. The van der Waals surface area contributed by atoms with Crippen molar-refractivity contribution in [3.8, 4) is 0 Å². The minimum Gasteiger partial charge on any atom is -0.460 e. The van der Waals surface area contributed by atoms with E-state index >= 15 is 0 Å². The van der Waals surface area contributed by atoms with Crippen molar-refractivity contribution in [1.82, 2.24) is 10.6 Å². The lowest BCUT2D eigenvalue weighted by molar-refractivity contribution is -0.144. The van der Waals surface area contributed by atoms with Crippen LogP contribution in [0.25, 0.3) is 0 Å². The summed E-state index contributed by atoms with van der Waals surface area (Å²) in [5, 5.41) is 4.93. The van der Waals surface area contributed by atoms with Crippen molar-refractivity contribution < 1.29 is 66.7 Å². The van der Waals surface area contributed by atoms with Crippen LogP contribution in [0.15, 0.2) is 48.6 Å². The van der Waals surface area contributed by atoms with E-state index in [9.17, 15) is 28.8 Å². The lowest BCUT2D eigenvalue weighted by atomic mass is 9.83. The average molecular weight is 739 g/mol. The van der Waals surface area contributed by atoms with Crippen molar-refractivity contribution in [3.63, 3.8) is 0 Å². The van der Waals surface area contributed by atoms with Crippen molar-refractivity contribution in [2.24, 2.45) is 11.8 Å². The fraction of sp³-hybridized carbons (Fsp3) is 0.611. The van der Waals surface area contributed by atoms with Crippen molar-refractivity contribution in [1.29, 1.82) is 0 Å². The summed E-state index contributed by atoms with van der Waals surface area (Å²) in [5.41, 5.74) is 0.857. The molecule has 0 aromatic carbocycles. The van der Waals surface area contributed by atoms with Crippen LogP contribution < -0.4 is 10.6 Å². The molecular formula is C36H54N2O14. The predicted octanol–water partition coefficient (Wildman–Crippen LogP) is 3.49. The molecule has 16 nitrogen and oxygen atoms in total. The zero-order valence-corrected chi connectivity index (χ0v) is 30.8. The number of hydrogen-bond donors (Lipinski definition) is 2. The largest absolute Gasteiger partial charge is 0.460 e. The molecule has 1 rings (SSSR count). The van der Waals surface area contributed by atoms with Gasteiger partial charge in [0.15, 0.2) is 12.2 Å². The van der Waals surface area contributed by atoms with E-state index in [4.69, 9.17) is 37.9 Å². The lowest BCUT2D eigenvalue weighted by Gasteiger charge is -2.29. The standard InChI is InChI=1S/C36H54N2O14/c1-23(2)31(39)47-15-13-37-35(43)51-29(21-49-33(41)25(5)6)19-45-17-27-9-11-28(12-10-27)18-46-20-30(22-50-34(42)26(7)8)52-36(44)38-14-16-48-32(40)24(3)4/h27-30H,1,3,5,7,9-22H2,2,4,6,8H3,(H,37,43)(H,38,44). The highest BCUT2D eigenvalue weighted by Crippen LogP contribution is 2.29. The number of ether oxygens (including phenoxy) is 8. The third-order valence-corrected chi connectivity index (χ3v) is 7.23. The van der Waals surface area contributed by atoms with Gasteiger partial charge in [0.1, 0.15) is 26.4 Å². The molecule has 0 saturated heterocycles. The summed E-state index contributed by atoms with van der Waals surface area (Å²) >= 11 is 0. The molecule has 2 unspecified atom stereocenters. The third kappa shape index (κ3) is 20.8. The molecule has 0 spiro atoms. The van der Waals surface area contributed by atoms with Gasteiger partial charge in [0, 0.05) is 35.5 Å². The molecule has 0 bridgehead atoms. The van der Waals surface area contributed by atoms with Gasteiger partial charge in [-0.3, -0.25) is 0 Å². The topological polar surface area (TPSA) is 200 Å². The van der Waals surface area contributed by atoms with E-state index in [1.165, 1.54) is 27.7 Å². The summed E-state index contributed by atoms with van der Waals surface area (Å²) in [6, 6.07) is 0. The summed E-state index contributed by atoms with van der Waals surface area (Å²) in [4.78, 5) is 71.3. The molecule has 0 aromatic rings. The van der Waals surface area contributed by atoms with Gasteiger partial charge in [0.25, 0.3) is 0 Å².